The highest BCUT2D eigenvalue weighted by Gasteiger charge is 2.34. The fraction of sp³-hybridized carbons (Fsp3) is 0.344. The summed E-state index contributed by atoms with van der Waals surface area (Å²) in [6.45, 7) is 16.3. The molecule has 11 rings (SSSR count). The summed E-state index contributed by atoms with van der Waals surface area (Å²) in [5.41, 5.74) is 13.0. The van der Waals surface area contributed by atoms with Crippen molar-refractivity contribution >= 4 is 58.2 Å². The number of rotatable bonds is 9. The van der Waals surface area contributed by atoms with E-state index in [-0.39, 0.29) is 25.5 Å². The highest BCUT2D eigenvalue weighted by molar-refractivity contribution is 6.31. The summed E-state index contributed by atoms with van der Waals surface area (Å²) in [6, 6.07) is 29.7. The molecular formula is C61H77Cl2F3N12O. The van der Waals surface area contributed by atoms with Crippen molar-refractivity contribution in [2.75, 3.05) is 72.0 Å². The molecule has 0 radical (unpaired) electrons. The van der Waals surface area contributed by atoms with Crippen molar-refractivity contribution in [2.45, 2.75) is 73.1 Å². The maximum Gasteiger partial charge on any atom is 0.321 e. The van der Waals surface area contributed by atoms with Crippen molar-refractivity contribution in [3.05, 3.63) is 195 Å². The van der Waals surface area contributed by atoms with Crippen LogP contribution in [0, 0.1) is 11.3 Å². The summed E-state index contributed by atoms with van der Waals surface area (Å²) in [4.78, 5) is 37.9. The van der Waals surface area contributed by atoms with Crippen molar-refractivity contribution in [1.82, 2.24) is 49.1 Å². The van der Waals surface area contributed by atoms with E-state index in [1.54, 1.807) is 30.5 Å². The lowest BCUT2D eigenvalue weighted by Crippen LogP contribution is -2.51. The van der Waals surface area contributed by atoms with E-state index in [2.05, 4.69) is 95.6 Å². The van der Waals surface area contributed by atoms with Gasteiger partial charge >= 0.3 is 6.03 Å². The van der Waals surface area contributed by atoms with Crippen LogP contribution in [0.1, 0.15) is 113 Å². The molecule has 2 unspecified atom stereocenters. The van der Waals surface area contributed by atoms with Crippen LogP contribution in [-0.4, -0.2) is 118 Å². The first kappa shape index (κ1) is 61.1. The van der Waals surface area contributed by atoms with E-state index in [0.29, 0.717) is 56.8 Å². The van der Waals surface area contributed by atoms with Gasteiger partial charge in [0.1, 0.15) is 0 Å². The predicted molar refractivity (Wildman–Crippen MR) is 320 cm³/mol. The molecule has 2 fully saturated rings. The van der Waals surface area contributed by atoms with Crippen LogP contribution in [-0.2, 0) is 13.1 Å². The van der Waals surface area contributed by atoms with E-state index in [9.17, 15) is 13.6 Å². The second kappa shape index (κ2) is 33.3. The SMILES string of the molecule is C.CC.CC.CF.CF.Clc1ccc2c(c1)C(CCn1ccnc1)=Cc1cccnc1C2N1CCNCC1.N#Cc1ccc(NC(=O)N2CCN(C3c4ccc(Cl)cc4C(CCn4ccnc4)=Cc4cccnc43)CC2)cc1.[3H]F.[3H][3H]. The number of halogens is 5. The van der Waals surface area contributed by atoms with Gasteiger partial charge in [-0.1, -0.05) is 82.6 Å². The zero-order valence-corrected chi connectivity index (χ0v) is 46.8. The maximum absolute atomic E-state index is 13.0. The maximum atomic E-state index is 13.0. The molecule has 4 aromatic heterocycles. The first-order chi connectivity index (χ1) is 39.9. The second-order valence-corrected chi connectivity index (χ2v) is 18.5. The molecule has 0 bridgehead atoms. The van der Waals surface area contributed by atoms with Gasteiger partial charge in [-0.3, -0.25) is 33.3 Å². The number of anilines is 1. The third kappa shape index (κ3) is 16.5. The van der Waals surface area contributed by atoms with E-state index in [4.69, 9.17) is 46.1 Å². The van der Waals surface area contributed by atoms with Crippen LogP contribution in [0.4, 0.5) is 24.0 Å². The van der Waals surface area contributed by atoms with Crippen LogP contribution in [0.25, 0.3) is 23.3 Å². The van der Waals surface area contributed by atoms with Crippen LogP contribution >= 0.6 is 23.2 Å². The van der Waals surface area contributed by atoms with Crippen LogP contribution in [0.5, 0.6) is 0 Å². The number of piperazine rings is 2. The predicted octanol–water partition coefficient (Wildman–Crippen LogP) is 13.8. The average molecular weight is 1130 g/mol. The lowest BCUT2D eigenvalue weighted by molar-refractivity contribution is 0.125. The molecule has 0 spiro atoms. The number of aryl methyl sites for hydroxylation is 2. The molecule has 2 aliphatic heterocycles. The van der Waals surface area contributed by atoms with Crippen LogP contribution in [0.3, 0.4) is 0 Å². The Morgan fingerprint density at radius 3 is 1.59 bits per heavy atom. The first-order valence-electron chi connectivity index (χ1n) is 27.6. The Bertz CT molecular complexity index is 3040. The molecule has 3 aromatic carbocycles. The zero-order valence-electron chi connectivity index (χ0n) is 48.3. The lowest BCUT2D eigenvalue weighted by Gasteiger charge is -2.39. The molecule has 79 heavy (non-hydrogen) atoms. The minimum Gasteiger partial charge on any atom is -0.337 e. The molecule has 4 aliphatic rings. The number of hydrogen-bond acceptors (Lipinski definition) is 9. The van der Waals surface area contributed by atoms with Gasteiger partial charge < -0.3 is 24.7 Å². The Hall–Kier alpha value is -7.13. The van der Waals surface area contributed by atoms with Gasteiger partial charge in [0.15, 0.2) is 0 Å². The number of benzene rings is 3. The second-order valence-electron chi connectivity index (χ2n) is 17.6. The molecule has 18 heteroatoms. The molecule has 0 saturated carbocycles. The minimum absolute atomic E-state index is 0. The van der Waals surface area contributed by atoms with Crippen LogP contribution in [0.2, 0.25) is 10.0 Å². The number of alkyl halides is 2. The number of amides is 2. The number of nitrogens with one attached hydrogen (secondary N) is 2. The van der Waals surface area contributed by atoms with E-state index in [0.717, 1.165) is 79.6 Å². The highest BCUT2D eigenvalue weighted by atomic mass is 35.5. The number of aromatic nitrogens is 6. The molecular weight excluding hydrogens is 1040 g/mol. The van der Waals surface area contributed by atoms with Gasteiger partial charge in [0.25, 0.3) is 1.45 Å². The Morgan fingerprint density at radius 1 is 0.709 bits per heavy atom. The fourth-order valence-electron chi connectivity index (χ4n) is 9.92. The Labute approximate surface area is 479 Å². The summed E-state index contributed by atoms with van der Waals surface area (Å²) in [5, 5.41) is 16.9. The number of nitrogens with zero attached hydrogens (tertiary/aromatic N) is 10. The molecule has 6 heterocycles. The van der Waals surface area contributed by atoms with Gasteiger partial charge in [0.2, 0.25) is 0 Å². The summed E-state index contributed by atoms with van der Waals surface area (Å²) in [6.07, 6.45) is 21.4. The van der Waals surface area contributed by atoms with Gasteiger partial charge in [-0.05, 0) is 130 Å². The highest BCUT2D eigenvalue weighted by Crippen LogP contribution is 2.43. The number of fused-ring (bicyclic) bond motifs is 4. The molecule has 7 aromatic rings. The number of carbonyl (C=O) groups is 1. The summed E-state index contributed by atoms with van der Waals surface area (Å²) >= 11 is 13.0. The van der Waals surface area contributed by atoms with Crippen molar-refractivity contribution in [2.24, 2.45) is 0 Å². The summed E-state index contributed by atoms with van der Waals surface area (Å²) in [5.74, 6) is 0. The molecule has 2 aliphatic carbocycles. The normalized spacial score (nSPS) is 16.0. The van der Waals surface area contributed by atoms with Crippen molar-refractivity contribution in [3.8, 4) is 6.07 Å². The van der Waals surface area contributed by atoms with Gasteiger partial charge in [0.05, 0.1) is 62.1 Å². The number of pyridine rings is 2. The van der Waals surface area contributed by atoms with E-state index in [1.165, 1.54) is 33.4 Å². The van der Waals surface area contributed by atoms with Crippen molar-refractivity contribution in [3.63, 3.8) is 0 Å². The Morgan fingerprint density at radius 2 is 1.16 bits per heavy atom. The van der Waals surface area contributed by atoms with Crippen LogP contribution in [0.15, 0.2) is 135 Å². The average Bonchev–Trinajstić information content (AvgIpc) is 4.44. The van der Waals surface area contributed by atoms with Crippen molar-refractivity contribution < 1.29 is 21.3 Å². The molecule has 2 saturated heterocycles. The molecule has 2 N–H and O–H groups in total. The van der Waals surface area contributed by atoms with E-state index in [1.807, 2.05) is 100 Å². The molecule has 2 atom stereocenters. The number of hydrogen-bond donors (Lipinski definition) is 2. The van der Waals surface area contributed by atoms with Gasteiger partial charge in [-0.2, -0.15) is 5.26 Å². The number of allylic oxidation sites excluding steroid dienone is 2. The molecule has 2 amide bonds. The van der Waals surface area contributed by atoms with Gasteiger partial charge in [-0.25, -0.2) is 14.8 Å². The number of nitriles is 1. The third-order valence-corrected chi connectivity index (χ3v) is 13.8. The number of carbonyl (C=O) groups excluding carboxylic acids is 1. The zero-order chi connectivity index (χ0) is 59.1. The van der Waals surface area contributed by atoms with Gasteiger partial charge in [-0.15, -0.1) is 0 Å². The monoisotopic (exact) mass is 1130 g/mol. The van der Waals surface area contributed by atoms with E-state index >= 15 is 0 Å². The lowest BCUT2D eigenvalue weighted by atomic mass is 9.92. The van der Waals surface area contributed by atoms with E-state index < -0.39 is 0 Å². The van der Waals surface area contributed by atoms with Crippen LogP contribution < -0.4 is 10.6 Å². The summed E-state index contributed by atoms with van der Waals surface area (Å²) in [7, 11) is 1.00. The third-order valence-electron chi connectivity index (χ3n) is 13.4. The summed E-state index contributed by atoms with van der Waals surface area (Å²) < 4.78 is 46.2. The smallest absolute Gasteiger partial charge is 0.321 e. The van der Waals surface area contributed by atoms with Crippen molar-refractivity contribution in [1.29, 1.82) is 6.71 Å². The Kier molecular flexibility index (Phi) is 25.8. The Balaban J connectivity index is 0.000000372. The largest absolute Gasteiger partial charge is 0.337 e. The molecule has 422 valence electrons. The quantitative estimate of drug-likeness (QED) is 0.145. The fourth-order valence-corrected chi connectivity index (χ4v) is 10.3. The minimum atomic E-state index is -0.139. The number of imidazole rings is 2. The van der Waals surface area contributed by atoms with Gasteiger partial charge in [0, 0.05) is 121 Å². The molecule has 13 nitrogen and oxygen atoms in total. The standard InChI is InChI=1S/C31H28ClN7O.C23H24ClN5.2C2H6.2CH3F.CH4.FH.H2/c32-25-5-8-27-28(19-25)23(9-12-37-13-11-34-21-37)18-24-2-1-10-35-29(24)30(27)38-14-16-39(17-15-38)31(40)36-26-6-3-22(20-33)4-7-26;24-19-3-4-20-21(15-19)17(5-10-28-11-7-26-16-28)14-18-2-1-6-27-22(18)23(20)29-12-8-25-9-13-29;4*1-2;;;/h1-8,10-11,13,18-19,21,30H,9,12,14-17H2,(H,36,40);1-4,6-7,11,14-16,23,25H,5,8-10,12-13H2;2*1-2H3;2*1H3;1H4;2*1H/i;;;;;;;;1+2T/hT. The topological polar surface area (TPSA) is 136 Å². The first-order valence-corrected chi connectivity index (χ1v) is 27.0. The number of urea groups is 1.